The van der Waals surface area contributed by atoms with E-state index in [9.17, 15) is 26.3 Å². The lowest BCUT2D eigenvalue weighted by molar-refractivity contribution is -0.139. The van der Waals surface area contributed by atoms with Crippen LogP contribution in [0.25, 0.3) is 16.8 Å². The van der Waals surface area contributed by atoms with Gasteiger partial charge in [-0.2, -0.15) is 26.3 Å². The highest BCUT2D eigenvalue weighted by molar-refractivity contribution is 5.75. The lowest BCUT2D eigenvalue weighted by atomic mass is 9.90. The maximum atomic E-state index is 13.6. The van der Waals surface area contributed by atoms with Crippen molar-refractivity contribution in [1.29, 1.82) is 0 Å². The lowest BCUT2D eigenvalue weighted by Crippen LogP contribution is -2.20. The third kappa shape index (κ3) is 6.59. The Kier molecular flexibility index (Phi) is 8.12. The van der Waals surface area contributed by atoms with Crippen LogP contribution in [-0.4, -0.2) is 18.1 Å². The molecule has 2 N–H and O–H groups in total. The van der Waals surface area contributed by atoms with E-state index < -0.39 is 23.5 Å². The number of rotatable bonds is 8. The fourth-order valence-electron chi connectivity index (χ4n) is 4.81. The summed E-state index contributed by atoms with van der Waals surface area (Å²) in [5, 5.41) is 3.23. The van der Waals surface area contributed by atoms with Crippen molar-refractivity contribution < 1.29 is 35.8 Å². The Balaban J connectivity index is 1.55. The van der Waals surface area contributed by atoms with Crippen molar-refractivity contribution in [2.45, 2.75) is 32.0 Å². The first-order valence-electron chi connectivity index (χ1n) is 12.9. The van der Waals surface area contributed by atoms with E-state index in [-0.39, 0.29) is 24.7 Å². The highest BCUT2D eigenvalue weighted by atomic mass is 19.4. The molecule has 41 heavy (non-hydrogen) atoms. The molecule has 0 fully saturated rings. The molecule has 0 amide bonds. The zero-order valence-electron chi connectivity index (χ0n) is 21.7. The Morgan fingerprint density at radius 2 is 1.24 bits per heavy atom. The molecule has 2 heterocycles. The molecular weight excluding hydrogens is 546 g/mol. The van der Waals surface area contributed by atoms with Crippen LogP contribution in [0.4, 0.5) is 26.3 Å². The molecule has 0 aliphatic carbocycles. The molecule has 0 radical (unpaired) electrons. The van der Waals surface area contributed by atoms with Gasteiger partial charge in [-0.05, 0) is 83.8 Å². The van der Waals surface area contributed by atoms with E-state index in [0.717, 1.165) is 23.3 Å². The van der Waals surface area contributed by atoms with Crippen LogP contribution in [0.15, 0.2) is 85.1 Å². The Morgan fingerprint density at radius 3 is 1.76 bits per heavy atom. The molecule has 0 atom stereocenters. The Hall–Kier alpha value is -4.18. The van der Waals surface area contributed by atoms with Crippen LogP contribution in [0.1, 0.15) is 34.2 Å². The summed E-state index contributed by atoms with van der Waals surface area (Å²) < 4.78 is 93.0. The summed E-state index contributed by atoms with van der Waals surface area (Å²) in [6.45, 7) is 0.985. The predicted octanol–water partition coefficient (Wildman–Crippen LogP) is 8.25. The van der Waals surface area contributed by atoms with E-state index >= 15 is 0 Å². The third-order valence-electron chi connectivity index (χ3n) is 6.78. The molecule has 10 heteroatoms. The second-order valence-corrected chi connectivity index (χ2v) is 9.50. The van der Waals surface area contributed by atoms with Gasteiger partial charge in [-0.3, -0.25) is 0 Å². The molecule has 3 aromatic carbocycles. The second kappa shape index (κ2) is 11.7. The number of ether oxygens (including phenoxy) is 2. The topological polar surface area (TPSA) is 46.3 Å². The van der Waals surface area contributed by atoms with Crippen LogP contribution >= 0.6 is 0 Å². The molecular formula is C31H26F6N2O2. The largest absolute Gasteiger partial charge is 0.488 e. The van der Waals surface area contributed by atoms with E-state index in [1.165, 1.54) is 36.4 Å². The number of hydrogen-bond donors (Lipinski definition) is 2. The fourth-order valence-corrected chi connectivity index (χ4v) is 4.81. The van der Waals surface area contributed by atoms with E-state index in [4.69, 9.17) is 9.47 Å². The van der Waals surface area contributed by atoms with Crippen LogP contribution in [0.3, 0.4) is 0 Å². The van der Waals surface area contributed by atoms with Gasteiger partial charge in [0, 0.05) is 24.0 Å². The summed E-state index contributed by atoms with van der Waals surface area (Å²) in [6, 6.07) is 17.2. The zero-order chi connectivity index (χ0) is 29.0. The summed E-state index contributed by atoms with van der Waals surface area (Å²) in [5.74, 6) is -0.584. The van der Waals surface area contributed by atoms with Gasteiger partial charge in [-0.15, -0.1) is 0 Å². The lowest BCUT2D eigenvalue weighted by Gasteiger charge is -2.22. The van der Waals surface area contributed by atoms with Crippen molar-refractivity contribution in [1.82, 2.24) is 10.3 Å². The van der Waals surface area contributed by atoms with Crippen LogP contribution in [-0.2, 0) is 25.6 Å². The van der Waals surface area contributed by atoms with Crippen LogP contribution in [0.2, 0.25) is 0 Å². The molecule has 1 aromatic heterocycles. The molecule has 5 rings (SSSR count). The van der Waals surface area contributed by atoms with Gasteiger partial charge in [0.25, 0.3) is 0 Å². The number of aromatic nitrogens is 1. The first kappa shape index (κ1) is 28.4. The zero-order valence-corrected chi connectivity index (χ0v) is 21.7. The van der Waals surface area contributed by atoms with Gasteiger partial charge >= 0.3 is 12.4 Å². The monoisotopic (exact) mass is 572 g/mol. The van der Waals surface area contributed by atoms with Crippen LogP contribution < -0.4 is 14.8 Å². The molecule has 1 aliphatic heterocycles. The van der Waals surface area contributed by atoms with Gasteiger partial charge < -0.3 is 19.8 Å². The van der Waals surface area contributed by atoms with Crippen molar-refractivity contribution in [3.63, 3.8) is 0 Å². The van der Waals surface area contributed by atoms with Gasteiger partial charge in [0.2, 0.25) is 0 Å². The Bertz CT molecular complexity index is 1520. The highest BCUT2D eigenvalue weighted by Crippen LogP contribution is 2.39. The van der Waals surface area contributed by atoms with Gasteiger partial charge in [-0.1, -0.05) is 30.3 Å². The molecule has 4 aromatic rings. The second-order valence-electron chi connectivity index (χ2n) is 9.50. The van der Waals surface area contributed by atoms with Gasteiger partial charge in [-0.25, -0.2) is 0 Å². The maximum Gasteiger partial charge on any atom is 0.419 e. The van der Waals surface area contributed by atoms with Gasteiger partial charge in [0.15, 0.2) is 0 Å². The number of halogens is 6. The number of H-pyrrole nitrogens is 1. The number of aromatic amines is 1. The quantitative estimate of drug-likeness (QED) is 0.209. The number of nitrogens with one attached hydrogen (secondary N) is 2. The third-order valence-corrected chi connectivity index (χ3v) is 6.78. The average molecular weight is 573 g/mol. The van der Waals surface area contributed by atoms with E-state index in [0.29, 0.717) is 41.9 Å². The molecule has 0 saturated carbocycles. The first-order chi connectivity index (χ1) is 19.6. The number of benzene rings is 3. The smallest absolute Gasteiger partial charge is 0.419 e. The molecule has 214 valence electrons. The predicted molar refractivity (Wildman–Crippen MR) is 143 cm³/mol. The number of para-hydroxylation sites is 2. The first-order valence-corrected chi connectivity index (χ1v) is 12.9. The van der Waals surface area contributed by atoms with Gasteiger partial charge in [0.05, 0.1) is 11.1 Å². The SMILES string of the molecule is FC(F)(F)c1ccccc1OCc1cc(-c2ccc[nH]2)c(COc2ccccc2C(F)(F)F)cc1C1=CCNCC1. The van der Waals surface area contributed by atoms with E-state index in [2.05, 4.69) is 10.3 Å². The van der Waals surface area contributed by atoms with Crippen molar-refractivity contribution in [2.75, 3.05) is 13.1 Å². The number of hydrogen-bond acceptors (Lipinski definition) is 3. The summed E-state index contributed by atoms with van der Waals surface area (Å²) in [6.07, 6.45) is -4.81. The molecule has 1 aliphatic rings. The highest BCUT2D eigenvalue weighted by Gasteiger charge is 2.35. The van der Waals surface area contributed by atoms with Crippen molar-refractivity contribution in [2.24, 2.45) is 0 Å². The normalized spacial score (nSPS) is 14.0. The molecule has 0 bridgehead atoms. The molecule has 0 unspecified atom stereocenters. The summed E-state index contributed by atoms with van der Waals surface area (Å²) in [7, 11) is 0. The molecule has 4 nitrogen and oxygen atoms in total. The van der Waals surface area contributed by atoms with Crippen molar-refractivity contribution in [3.8, 4) is 22.8 Å². The summed E-state index contributed by atoms with van der Waals surface area (Å²) in [4.78, 5) is 3.11. The summed E-state index contributed by atoms with van der Waals surface area (Å²) >= 11 is 0. The fraction of sp³-hybridized carbons (Fsp3) is 0.226. The van der Waals surface area contributed by atoms with E-state index in [1.54, 1.807) is 24.4 Å². The van der Waals surface area contributed by atoms with Crippen molar-refractivity contribution in [3.05, 3.63) is 113 Å². The van der Waals surface area contributed by atoms with Crippen LogP contribution in [0, 0.1) is 0 Å². The average Bonchev–Trinajstić information content (AvgIpc) is 3.50. The van der Waals surface area contributed by atoms with Crippen LogP contribution in [0.5, 0.6) is 11.5 Å². The van der Waals surface area contributed by atoms with E-state index in [1.807, 2.05) is 12.1 Å². The summed E-state index contributed by atoms with van der Waals surface area (Å²) in [5.41, 5.74) is 2.51. The molecule has 0 saturated heterocycles. The maximum absolute atomic E-state index is 13.6. The van der Waals surface area contributed by atoms with Gasteiger partial charge in [0.1, 0.15) is 24.7 Å². The Labute approximate surface area is 232 Å². The van der Waals surface area contributed by atoms with Crippen molar-refractivity contribution >= 4 is 5.57 Å². The molecule has 0 spiro atoms. The number of alkyl halides is 6. The standard InChI is InChI=1S/C31H26F6N2O2/c32-30(33,34)25-6-1-3-9-28(25)40-18-21-17-24(27-8-5-13-39-27)22(16-23(21)20-11-14-38-15-12-20)19-41-29-10-4-2-7-26(29)31(35,36)37/h1-11,13,16-17,38-39H,12,14-15,18-19H2. The minimum Gasteiger partial charge on any atom is -0.488 e. The Morgan fingerprint density at radius 1 is 0.683 bits per heavy atom. The minimum absolute atomic E-state index is 0.154. The minimum atomic E-state index is -4.59.